The van der Waals surface area contributed by atoms with Crippen LogP contribution in [0.2, 0.25) is 0 Å². The van der Waals surface area contributed by atoms with Gasteiger partial charge in [-0.3, -0.25) is 9.59 Å². The van der Waals surface area contributed by atoms with Crippen LogP contribution in [0.1, 0.15) is 38.9 Å². The van der Waals surface area contributed by atoms with E-state index in [-0.39, 0.29) is 11.8 Å². The molecule has 132 valence electrons. The summed E-state index contributed by atoms with van der Waals surface area (Å²) in [5, 5.41) is 7.55. The number of carbonyl (C=O) groups is 2. The smallest absolute Gasteiger partial charge is 0.265 e. The van der Waals surface area contributed by atoms with Gasteiger partial charge in [0.15, 0.2) is 0 Å². The molecule has 3 aromatic rings. The molecule has 4 nitrogen and oxygen atoms in total. The third-order valence-electron chi connectivity index (χ3n) is 3.88. The number of amides is 2. The van der Waals surface area contributed by atoms with Crippen LogP contribution in [0.15, 0.2) is 66.0 Å². The van der Waals surface area contributed by atoms with Crippen LogP contribution in [-0.2, 0) is 6.42 Å². The fraction of sp³-hybridized carbons (Fsp3) is 0.143. The molecule has 0 aliphatic carbocycles. The van der Waals surface area contributed by atoms with Crippen LogP contribution in [0.5, 0.6) is 0 Å². The maximum absolute atomic E-state index is 12.5. The van der Waals surface area contributed by atoms with Crippen molar-refractivity contribution in [1.29, 1.82) is 0 Å². The summed E-state index contributed by atoms with van der Waals surface area (Å²) < 4.78 is 0. The van der Waals surface area contributed by atoms with Gasteiger partial charge in [-0.15, -0.1) is 11.3 Å². The van der Waals surface area contributed by atoms with Crippen molar-refractivity contribution in [2.45, 2.75) is 19.8 Å². The summed E-state index contributed by atoms with van der Waals surface area (Å²) in [6.07, 6.45) is 2.12. The molecule has 5 heteroatoms. The van der Waals surface area contributed by atoms with E-state index >= 15 is 0 Å². The Morgan fingerprint density at radius 3 is 2.35 bits per heavy atom. The molecule has 0 saturated carbocycles. The van der Waals surface area contributed by atoms with E-state index in [1.54, 1.807) is 30.3 Å². The summed E-state index contributed by atoms with van der Waals surface area (Å²) in [4.78, 5) is 25.2. The van der Waals surface area contributed by atoms with Gasteiger partial charge in [0.25, 0.3) is 11.8 Å². The molecule has 2 aromatic carbocycles. The molecule has 0 spiro atoms. The highest BCUT2D eigenvalue weighted by atomic mass is 32.1. The van der Waals surface area contributed by atoms with Crippen molar-refractivity contribution < 1.29 is 9.59 Å². The molecule has 1 aromatic heterocycles. The molecule has 0 unspecified atom stereocenters. The Hall–Kier alpha value is -2.92. The van der Waals surface area contributed by atoms with Crippen molar-refractivity contribution in [2.75, 3.05) is 10.6 Å². The minimum Gasteiger partial charge on any atom is -0.322 e. The first kappa shape index (κ1) is 17.9. The van der Waals surface area contributed by atoms with Crippen LogP contribution < -0.4 is 10.6 Å². The maximum Gasteiger partial charge on any atom is 0.265 e. The second-order valence-corrected chi connectivity index (χ2v) is 6.86. The number of hydrogen-bond acceptors (Lipinski definition) is 3. The van der Waals surface area contributed by atoms with Crippen molar-refractivity contribution >= 4 is 34.5 Å². The Kier molecular flexibility index (Phi) is 5.81. The van der Waals surface area contributed by atoms with E-state index in [0.29, 0.717) is 16.1 Å². The normalized spacial score (nSPS) is 10.3. The van der Waals surface area contributed by atoms with Gasteiger partial charge in [-0.05, 0) is 53.8 Å². The summed E-state index contributed by atoms with van der Waals surface area (Å²) >= 11 is 1.38. The van der Waals surface area contributed by atoms with Crippen LogP contribution in [0, 0.1) is 0 Å². The van der Waals surface area contributed by atoms with E-state index in [2.05, 4.69) is 17.6 Å². The van der Waals surface area contributed by atoms with Crippen molar-refractivity contribution in [3.63, 3.8) is 0 Å². The Labute approximate surface area is 156 Å². The lowest BCUT2D eigenvalue weighted by Crippen LogP contribution is -2.14. The van der Waals surface area contributed by atoms with Gasteiger partial charge in [-0.25, -0.2) is 0 Å². The highest BCUT2D eigenvalue weighted by Gasteiger charge is 2.10. The molecular weight excluding hydrogens is 344 g/mol. The Bertz CT molecular complexity index is 887. The number of thiophene rings is 1. The van der Waals surface area contributed by atoms with Gasteiger partial charge in [-0.1, -0.05) is 37.6 Å². The predicted molar refractivity (Wildman–Crippen MR) is 107 cm³/mol. The van der Waals surface area contributed by atoms with Crippen LogP contribution in [0.25, 0.3) is 0 Å². The van der Waals surface area contributed by atoms with Gasteiger partial charge in [0, 0.05) is 16.9 Å². The Morgan fingerprint density at radius 1 is 0.885 bits per heavy atom. The van der Waals surface area contributed by atoms with E-state index < -0.39 is 0 Å². The summed E-state index contributed by atoms with van der Waals surface area (Å²) in [5.41, 5.74) is 3.09. The molecule has 0 aliphatic rings. The van der Waals surface area contributed by atoms with Gasteiger partial charge >= 0.3 is 0 Å². The molecule has 0 radical (unpaired) electrons. The third-order valence-corrected chi connectivity index (χ3v) is 4.75. The minimum absolute atomic E-state index is 0.177. The molecule has 0 saturated heterocycles. The second kappa shape index (κ2) is 8.45. The summed E-state index contributed by atoms with van der Waals surface area (Å²) in [6.45, 7) is 2.14. The largest absolute Gasteiger partial charge is 0.322 e. The van der Waals surface area contributed by atoms with E-state index in [1.807, 2.05) is 35.7 Å². The lowest BCUT2D eigenvalue weighted by atomic mass is 10.1. The first-order valence-electron chi connectivity index (χ1n) is 8.51. The van der Waals surface area contributed by atoms with Gasteiger partial charge < -0.3 is 10.6 Å². The molecular formula is C21H20N2O2S. The van der Waals surface area contributed by atoms with Crippen molar-refractivity contribution in [2.24, 2.45) is 0 Å². The first-order valence-corrected chi connectivity index (χ1v) is 9.39. The van der Waals surface area contributed by atoms with Gasteiger partial charge in [0.1, 0.15) is 0 Å². The highest BCUT2D eigenvalue weighted by molar-refractivity contribution is 7.12. The zero-order chi connectivity index (χ0) is 18.4. The van der Waals surface area contributed by atoms with Crippen LogP contribution >= 0.6 is 11.3 Å². The fourth-order valence-corrected chi connectivity index (χ4v) is 3.20. The van der Waals surface area contributed by atoms with Gasteiger partial charge in [-0.2, -0.15) is 0 Å². The first-order chi connectivity index (χ1) is 12.7. The average molecular weight is 364 g/mol. The van der Waals surface area contributed by atoms with Crippen molar-refractivity contribution in [1.82, 2.24) is 0 Å². The zero-order valence-corrected chi connectivity index (χ0v) is 15.3. The average Bonchev–Trinajstić information content (AvgIpc) is 3.19. The highest BCUT2D eigenvalue weighted by Crippen LogP contribution is 2.17. The lowest BCUT2D eigenvalue weighted by Gasteiger charge is -2.08. The van der Waals surface area contributed by atoms with E-state index in [1.165, 1.54) is 16.9 Å². The van der Waals surface area contributed by atoms with Crippen LogP contribution in [-0.4, -0.2) is 11.8 Å². The predicted octanol–water partition coefficient (Wildman–Crippen LogP) is 5.21. The number of anilines is 2. The van der Waals surface area contributed by atoms with Gasteiger partial charge in [0.05, 0.1) is 4.88 Å². The molecule has 2 N–H and O–H groups in total. The molecule has 0 atom stereocenters. The monoisotopic (exact) mass is 364 g/mol. The fourth-order valence-electron chi connectivity index (χ4n) is 2.59. The summed E-state index contributed by atoms with van der Waals surface area (Å²) in [5.74, 6) is -0.385. The number of hydrogen-bond donors (Lipinski definition) is 2. The maximum atomic E-state index is 12.5. The number of carbonyl (C=O) groups excluding carboxylic acids is 2. The number of rotatable bonds is 6. The lowest BCUT2D eigenvalue weighted by molar-refractivity contribution is 0.101. The topological polar surface area (TPSA) is 58.2 Å². The number of benzene rings is 2. The van der Waals surface area contributed by atoms with E-state index in [4.69, 9.17) is 0 Å². The minimum atomic E-state index is -0.208. The van der Waals surface area contributed by atoms with Crippen molar-refractivity contribution in [3.8, 4) is 0 Å². The SMILES string of the molecule is CCCc1ccc(NC(=O)c2cccc(NC(=O)c3cccs3)c2)cc1. The molecule has 3 rings (SSSR count). The number of aryl methyl sites for hydroxylation is 1. The zero-order valence-electron chi connectivity index (χ0n) is 14.5. The molecule has 2 amide bonds. The number of nitrogens with one attached hydrogen (secondary N) is 2. The molecule has 1 heterocycles. The Balaban J connectivity index is 1.67. The van der Waals surface area contributed by atoms with E-state index in [9.17, 15) is 9.59 Å². The van der Waals surface area contributed by atoms with E-state index in [0.717, 1.165) is 18.5 Å². The van der Waals surface area contributed by atoms with Crippen molar-refractivity contribution in [3.05, 3.63) is 82.0 Å². The quantitative estimate of drug-likeness (QED) is 0.631. The molecule has 26 heavy (non-hydrogen) atoms. The molecule has 0 fully saturated rings. The van der Waals surface area contributed by atoms with Crippen LogP contribution in [0.3, 0.4) is 0 Å². The summed E-state index contributed by atoms with van der Waals surface area (Å²) in [6, 6.07) is 18.4. The molecule has 0 bridgehead atoms. The second-order valence-electron chi connectivity index (χ2n) is 5.91. The Morgan fingerprint density at radius 2 is 1.65 bits per heavy atom. The van der Waals surface area contributed by atoms with Gasteiger partial charge in [0.2, 0.25) is 0 Å². The standard InChI is InChI=1S/C21H20N2O2S/c1-2-5-15-9-11-17(12-10-15)22-20(24)16-6-3-7-18(14-16)23-21(25)19-8-4-13-26-19/h3-4,6-14H,2,5H2,1H3,(H,22,24)(H,23,25). The van der Waals surface area contributed by atoms with Crippen LogP contribution in [0.4, 0.5) is 11.4 Å². The summed E-state index contributed by atoms with van der Waals surface area (Å²) in [7, 11) is 0. The third kappa shape index (κ3) is 4.58. The molecule has 0 aliphatic heterocycles.